The molecule has 0 aliphatic rings. The molecule has 0 atom stereocenters. The maximum Gasteiger partial charge on any atom is 0.136 e. The van der Waals surface area contributed by atoms with Gasteiger partial charge in [0.25, 0.3) is 0 Å². The van der Waals surface area contributed by atoms with Crippen LogP contribution in [0.4, 0.5) is 0 Å². The molecule has 0 aliphatic carbocycles. The minimum Gasteiger partial charge on any atom is -0.456 e. The Morgan fingerprint density at radius 1 is 0.294 bits per heavy atom. The Bertz CT molecular complexity index is 3130. The van der Waals surface area contributed by atoms with E-state index in [0.717, 1.165) is 71.8 Å². The van der Waals surface area contributed by atoms with Gasteiger partial charge in [0.2, 0.25) is 0 Å². The van der Waals surface area contributed by atoms with E-state index in [0.29, 0.717) is 0 Å². The van der Waals surface area contributed by atoms with Gasteiger partial charge in [-0.1, -0.05) is 109 Å². The first-order valence-corrected chi connectivity index (χ1v) is 17.3. The van der Waals surface area contributed by atoms with Crippen molar-refractivity contribution in [3.05, 3.63) is 176 Å². The standard InChI is InChI=1S/C48H29NO2/c1-3-11-30(12-4-1)32-20-23-44-40(25-32)35-15-7-9-17-43(35)49(44)34-21-24-46-41(27-34)42-28-38(31-13-5-2-6-14-31)39(29-48(42)51-46)33-19-22-37-36-16-8-10-18-45(36)50-47(37)26-33/h1-29H. The molecule has 0 radical (unpaired) electrons. The number of aromatic nitrogens is 1. The van der Waals surface area contributed by atoms with Crippen molar-refractivity contribution in [2.24, 2.45) is 0 Å². The average molecular weight is 652 g/mol. The highest BCUT2D eigenvalue weighted by Gasteiger charge is 2.19. The van der Waals surface area contributed by atoms with Crippen molar-refractivity contribution < 1.29 is 8.83 Å². The SMILES string of the molecule is c1ccc(-c2ccc3c(c2)c2ccccc2n3-c2ccc3oc4cc(-c5ccc6c(c5)oc5ccccc56)c(-c5ccccc5)cc4c3c2)cc1. The van der Waals surface area contributed by atoms with E-state index in [9.17, 15) is 0 Å². The molecule has 0 N–H and O–H groups in total. The van der Waals surface area contributed by atoms with Crippen molar-refractivity contribution in [1.29, 1.82) is 0 Å². The van der Waals surface area contributed by atoms with Crippen LogP contribution in [-0.2, 0) is 0 Å². The summed E-state index contributed by atoms with van der Waals surface area (Å²) < 4.78 is 15.3. The molecule has 0 saturated heterocycles. The van der Waals surface area contributed by atoms with Crippen LogP contribution in [0.15, 0.2) is 185 Å². The summed E-state index contributed by atoms with van der Waals surface area (Å²) in [6.45, 7) is 0. The first-order valence-electron chi connectivity index (χ1n) is 17.3. The number of rotatable bonds is 4. The Balaban J connectivity index is 1.12. The largest absolute Gasteiger partial charge is 0.456 e. The lowest BCUT2D eigenvalue weighted by molar-refractivity contribution is 0.668. The van der Waals surface area contributed by atoms with E-state index in [1.54, 1.807) is 0 Å². The molecule has 3 nitrogen and oxygen atoms in total. The molecule has 51 heavy (non-hydrogen) atoms. The van der Waals surface area contributed by atoms with Gasteiger partial charge in [0.05, 0.1) is 11.0 Å². The molecule has 3 aromatic heterocycles. The second-order valence-electron chi connectivity index (χ2n) is 13.3. The monoisotopic (exact) mass is 651 g/mol. The zero-order chi connectivity index (χ0) is 33.5. The highest BCUT2D eigenvalue weighted by molar-refractivity contribution is 6.13. The molecule has 11 aromatic rings. The third-order valence-electron chi connectivity index (χ3n) is 10.4. The number of nitrogens with zero attached hydrogens (tertiary/aromatic N) is 1. The van der Waals surface area contributed by atoms with Crippen molar-refractivity contribution >= 4 is 65.7 Å². The van der Waals surface area contributed by atoms with E-state index in [-0.39, 0.29) is 0 Å². The highest BCUT2D eigenvalue weighted by atomic mass is 16.3. The van der Waals surface area contributed by atoms with E-state index in [1.807, 2.05) is 12.1 Å². The Morgan fingerprint density at radius 3 is 1.75 bits per heavy atom. The maximum atomic E-state index is 6.62. The van der Waals surface area contributed by atoms with Gasteiger partial charge < -0.3 is 13.4 Å². The molecule has 0 fully saturated rings. The first kappa shape index (κ1) is 28.0. The average Bonchev–Trinajstić information content (AvgIpc) is 3.86. The van der Waals surface area contributed by atoms with Crippen LogP contribution in [0.25, 0.3) is 105 Å². The number of benzene rings is 8. The summed E-state index contributed by atoms with van der Waals surface area (Å²) in [5.41, 5.74) is 13.9. The number of para-hydroxylation sites is 2. The Labute approximate surface area is 293 Å². The van der Waals surface area contributed by atoms with E-state index >= 15 is 0 Å². The summed E-state index contributed by atoms with van der Waals surface area (Å²) in [7, 11) is 0. The Kier molecular flexibility index (Phi) is 5.96. The molecule has 0 aliphatic heterocycles. The molecule has 0 bridgehead atoms. The van der Waals surface area contributed by atoms with Crippen molar-refractivity contribution in [1.82, 2.24) is 4.57 Å². The lowest BCUT2D eigenvalue weighted by Gasteiger charge is -2.11. The molecular weight excluding hydrogens is 623 g/mol. The normalized spacial score (nSPS) is 11.9. The zero-order valence-electron chi connectivity index (χ0n) is 27.5. The van der Waals surface area contributed by atoms with Gasteiger partial charge in [-0.3, -0.25) is 0 Å². The van der Waals surface area contributed by atoms with Crippen molar-refractivity contribution in [3.8, 4) is 39.1 Å². The molecule has 0 amide bonds. The van der Waals surface area contributed by atoms with E-state index in [4.69, 9.17) is 8.83 Å². The van der Waals surface area contributed by atoms with Crippen LogP contribution in [0, 0.1) is 0 Å². The topological polar surface area (TPSA) is 31.2 Å². The molecule has 0 unspecified atom stereocenters. The number of furan rings is 2. The summed E-state index contributed by atoms with van der Waals surface area (Å²) in [5, 5.41) is 6.90. The van der Waals surface area contributed by atoms with Crippen LogP contribution in [0.3, 0.4) is 0 Å². The van der Waals surface area contributed by atoms with Gasteiger partial charge in [-0.25, -0.2) is 0 Å². The second kappa shape index (κ2) is 10.8. The molecule has 0 spiro atoms. The number of fused-ring (bicyclic) bond motifs is 9. The van der Waals surface area contributed by atoms with Gasteiger partial charge in [-0.05, 0) is 100 Å². The first-order chi connectivity index (χ1) is 25.3. The van der Waals surface area contributed by atoms with Crippen LogP contribution < -0.4 is 0 Å². The Morgan fingerprint density at radius 2 is 0.902 bits per heavy atom. The molecule has 8 aromatic carbocycles. The molecule has 238 valence electrons. The van der Waals surface area contributed by atoms with Crippen LogP contribution in [0.1, 0.15) is 0 Å². The summed E-state index contributed by atoms with van der Waals surface area (Å²) in [6.07, 6.45) is 0. The van der Waals surface area contributed by atoms with E-state index in [1.165, 1.54) is 32.9 Å². The van der Waals surface area contributed by atoms with Crippen LogP contribution in [-0.4, -0.2) is 4.57 Å². The van der Waals surface area contributed by atoms with Crippen LogP contribution >= 0.6 is 0 Å². The Hall–Kier alpha value is -6.84. The summed E-state index contributed by atoms with van der Waals surface area (Å²) in [5.74, 6) is 0. The van der Waals surface area contributed by atoms with Crippen LogP contribution in [0.5, 0.6) is 0 Å². The van der Waals surface area contributed by atoms with Gasteiger partial charge in [-0.15, -0.1) is 0 Å². The van der Waals surface area contributed by atoms with Gasteiger partial charge in [0.15, 0.2) is 0 Å². The van der Waals surface area contributed by atoms with Gasteiger partial charge in [-0.2, -0.15) is 0 Å². The fourth-order valence-electron chi connectivity index (χ4n) is 8.00. The summed E-state index contributed by atoms with van der Waals surface area (Å²) >= 11 is 0. The lowest BCUT2D eigenvalue weighted by atomic mass is 9.92. The molecule has 3 heteroatoms. The summed E-state index contributed by atoms with van der Waals surface area (Å²) in [4.78, 5) is 0. The van der Waals surface area contributed by atoms with Crippen molar-refractivity contribution in [3.63, 3.8) is 0 Å². The third kappa shape index (κ3) is 4.32. The van der Waals surface area contributed by atoms with Gasteiger partial charge in [0.1, 0.15) is 22.3 Å². The predicted octanol–water partition coefficient (Wildman–Crippen LogP) is 13.6. The fourth-order valence-corrected chi connectivity index (χ4v) is 8.00. The van der Waals surface area contributed by atoms with Crippen molar-refractivity contribution in [2.75, 3.05) is 0 Å². The number of hydrogen-bond acceptors (Lipinski definition) is 2. The molecule has 0 saturated carbocycles. The highest BCUT2D eigenvalue weighted by Crippen LogP contribution is 2.42. The minimum atomic E-state index is 0.858. The van der Waals surface area contributed by atoms with Crippen LogP contribution in [0.2, 0.25) is 0 Å². The van der Waals surface area contributed by atoms with E-state index in [2.05, 4.69) is 168 Å². The minimum absolute atomic E-state index is 0.858. The fraction of sp³-hybridized carbons (Fsp3) is 0. The summed E-state index contributed by atoms with van der Waals surface area (Å²) in [6, 6.07) is 62.6. The molecule has 3 heterocycles. The quantitative estimate of drug-likeness (QED) is 0.190. The maximum absolute atomic E-state index is 6.62. The van der Waals surface area contributed by atoms with Gasteiger partial charge >= 0.3 is 0 Å². The molecule has 11 rings (SSSR count). The zero-order valence-corrected chi connectivity index (χ0v) is 27.5. The van der Waals surface area contributed by atoms with Gasteiger partial charge in [0, 0.05) is 38.0 Å². The smallest absolute Gasteiger partial charge is 0.136 e. The predicted molar refractivity (Wildman–Crippen MR) is 212 cm³/mol. The third-order valence-corrected chi connectivity index (χ3v) is 10.4. The number of hydrogen-bond donors (Lipinski definition) is 0. The second-order valence-corrected chi connectivity index (χ2v) is 13.3. The molecular formula is C48H29NO2. The van der Waals surface area contributed by atoms with E-state index < -0.39 is 0 Å². The van der Waals surface area contributed by atoms with Crippen molar-refractivity contribution in [2.45, 2.75) is 0 Å². The lowest BCUT2D eigenvalue weighted by Crippen LogP contribution is -1.93.